The Balaban J connectivity index is 1.67. The summed E-state index contributed by atoms with van der Waals surface area (Å²) in [6, 6.07) is 11.7. The summed E-state index contributed by atoms with van der Waals surface area (Å²) in [5, 5.41) is 13.5. The summed E-state index contributed by atoms with van der Waals surface area (Å²) in [5.74, 6) is 2.12. The minimum absolute atomic E-state index is 0.274. The molecule has 1 aliphatic rings. The van der Waals surface area contributed by atoms with Crippen LogP contribution in [0.2, 0.25) is 5.02 Å². The highest BCUT2D eigenvalue weighted by Gasteiger charge is 2.22. The lowest BCUT2D eigenvalue weighted by Crippen LogP contribution is -2.20. The Kier molecular flexibility index (Phi) is 5.12. The summed E-state index contributed by atoms with van der Waals surface area (Å²) >= 11 is 6.12. The van der Waals surface area contributed by atoms with Gasteiger partial charge in [-0.15, -0.1) is 0 Å². The summed E-state index contributed by atoms with van der Waals surface area (Å²) in [6.45, 7) is 7.06. The quantitative estimate of drug-likeness (QED) is 0.642. The van der Waals surface area contributed by atoms with Crippen LogP contribution in [0.15, 0.2) is 42.6 Å². The van der Waals surface area contributed by atoms with E-state index < -0.39 is 0 Å². The molecule has 1 N–H and O–H groups in total. The lowest BCUT2D eigenvalue weighted by molar-refractivity contribution is 0.728. The number of nitrogens with zero attached hydrogens (tertiary/aromatic N) is 4. The highest BCUT2D eigenvalue weighted by atomic mass is 35.5. The second-order valence-corrected chi connectivity index (χ2v) is 7.74. The largest absolute Gasteiger partial charge is 0.364 e. The van der Waals surface area contributed by atoms with Gasteiger partial charge in [0.05, 0.1) is 23.9 Å². The van der Waals surface area contributed by atoms with E-state index in [9.17, 15) is 5.26 Å². The van der Waals surface area contributed by atoms with Gasteiger partial charge in [-0.05, 0) is 49.2 Å². The maximum absolute atomic E-state index is 9.37. The first kappa shape index (κ1) is 19.2. The Labute approximate surface area is 175 Å². The van der Waals surface area contributed by atoms with Crippen molar-refractivity contribution in [3.63, 3.8) is 0 Å². The van der Waals surface area contributed by atoms with Crippen molar-refractivity contribution in [2.24, 2.45) is 0 Å². The van der Waals surface area contributed by atoms with Gasteiger partial charge in [0.2, 0.25) is 0 Å². The van der Waals surface area contributed by atoms with E-state index in [1.807, 2.05) is 18.3 Å². The zero-order valence-electron chi connectivity index (χ0n) is 16.7. The first-order valence-electron chi connectivity index (χ1n) is 9.69. The van der Waals surface area contributed by atoms with Crippen LogP contribution in [-0.2, 0) is 13.0 Å². The van der Waals surface area contributed by atoms with Crippen molar-refractivity contribution in [3.8, 4) is 17.3 Å². The Morgan fingerprint density at radius 1 is 1.28 bits per heavy atom. The molecule has 1 atom stereocenters. The highest BCUT2D eigenvalue weighted by Crippen LogP contribution is 2.31. The van der Waals surface area contributed by atoms with E-state index in [2.05, 4.69) is 47.8 Å². The number of hydrogen-bond acceptors (Lipinski definition) is 4. The van der Waals surface area contributed by atoms with Gasteiger partial charge in [0.15, 0.2) is 0 Å². The first-order chi connectivity index (χ1) is 14.0. The van der Waals surface area contributed by atoms with E-state index in [1.54, 1.807) is 18.2 Å². The van der Waals surface area contributed by atoms with Crippen LogP contribution >= 0.6 is 11.6 Å². The molecule has 2 aromatic heterocycles. The standard InChI is InChI=1S/C23H22ClN5/c1-4-21-28-22-14(2)9-15(3)27-23(22)29(21)13-16-5-8-20(26-12-16)19-10-18(24)7-6-17(19)11-25/h5-10,12,15,27H,4,13H2,1-3H3. The molecule has 146 valence electrons. The number of benzene rings is 1. The molecule has 1 aliphatic heterocycles. The number of hydrogen-bond donors (Lipinski definition) is 1. The van der Waals surface area contributed by atoms with Crippen molar-refractivity contribution >= 4 is 23.0 Å². The fourth-order valence-electron chi connectivity index (χ4n) is 3.76. The molecule has 1 aromatic carbocycles. The van der Waals surface area contributed by atoms with E-state index in [0.717, 1.165) is 40.6 Å². The third kappa shape index (κ3) is 3.64. The highest BCUT2D eigenvalue weighted by molar-refractivity contribution is 6.30. The van der Waals surface area contributed by atoms with Crippen molar-refractivity contribution in [2.75, 3.05) is 5.32 Å². The molecule has 0 saturated carbocycles. The zero-order valence-corrected chi connectivity index (χ0v) is 17.5. The number of nitriles is 1. The fraction of sp³-hybridized carbons (Fsp3) is 0.261. The molecule has 1 unspecified atom stereocenters. The van der Waals surface area contributed by atoms with E-state index in [1.165, 1.54) is 5.57 Å². The van der Waals surface area contributed by atoms with Crippen molar-refractivity contribution in [1.82, 2.24) is 14.5 Å². The molecule has 0 amide bonds. The molecular formula is C23H22ClN5. The van der Waals surface area contributed by atoms with E-state index in [4.69, 9.17) is 16.6 Å². The molecule has 0 saturated heterocycles. The van der Waals surface area contributed by atoms with Gasteiger partial charge in [-0.2, -0.15) is 5.26 Å². The summed E-state index contributed by atoms with van der Waals surface area (Å²) in [4.78, 5) is 9.44. The van der Waals surface area contributed by atoms with Crippen LogP contribution in [0.3, 0.4) is 0 Å². The normalized spacial score (nSPS) is 15.3. The topological polar surface area (TPSA) is 66.5 Å². The van der Waals surface area contributed by atoms with E-state index >= 15 is 0 Å². The number of imidazole rings is 1. The average molecular weight is 404 g/mol. The summed E-state index contributed by atoms with van der Waals surface area (Å²) in [6.07, 6.45) is 4.92. The zero-order chi connectivity index (χ0) is 20.5. The van der Waals surface area contributed by atoms with Crippen LogP contribution in [0, 0.1) is 11.3 Å². The number of aryl methyl sites for hydroxylation is 1. The molecule has 0 bridgehead atoms. The Bertz CT molecular complexity index is 1140. The molecule has 6 heteroatoms. The van der Waals surface area contributed by atoms with Crippen LogP contribution < -0.4 is 5.32 Å². The smallest absolute Gasteiger partial charge is 0.134 e. The van der Waals surface area contributed by atoms with Crippen LogP contribution in [0.1, 0.15) is 43.4 Å². The van der Waals surface area contributed by atoms with Gasteiger partial charge in [-0.3, -0.25) is 4.98 Å². The third-order valence-corrected chi connectivity index (χ3v) is 5.38. The minimum atomic E-state index is 0.274. The van der Waals surface area contributed by atoms with Gasteiger partial charge < -0.3 is 9.88 Å². The first-order valence-corrected chi connectivity index (χ1v) is 10.1. The Morgan fingerprint density at radius 2 is 2.10 bits per heavy atom. The molecule has 29 heavy (non-hydrogen) atoms. The Morgan fingerprint density at radius 3 is 2.79 bits per heavy atom. The van der Waals surface area contributed by atoms with Crippen LogP contribution in [0.5, 0.6) is 0 Å². The van der Waals surface area contributed by atoms with E-state index in [-0.39, 0.29) is 6.04 Å². The third-order valence-electron chi connectivity index (χ3n) is 5.14. The molecule has 3 heterocycles. The Hall–Kier alpha value is -3.10. The number of rotatable bonds is 4. The van der Waals surface area contributed by atoms with Crippen LogP contribution in [0.4, 0.5) is 5.82 Å². The fourth-order valence-corrected chi connectivity index (χ4v) is 3.93. The predicted octanol–water partition coefficient (Wildman–Crippen LogP) is 5.30. The number of nitrogens with one attached hydrogen (secondary N) is 1. The molecule has 0 spiro atoms. The predicted molar refractivity (Wildman–Crippen MR) is 117 cm³/mol. The van der Waals surface area contributed by atoms with Crippen LogP contribution in [0.25, 0.3) is 16.8 Å². The summed E-state index contributed by atoms with van der Waals surface area (Å²) in [5.41, 5.74) is 5.36. The lowest BCUT2D eigenvalue weighted by atomic mass is 10.0. The van der Waals surface area contributed by atoms with Crippen molar-refractivity contribution in [1.29, 1.82) is 5.26 Å². The van der Waals surface area contributed by atoms with Gasteiger partial charge in [-0.25, -0.2) is 4.98 Å². The monoisotopic (exact) mass is 403 g/mol. The number of allylic oxidation sites excluding steroid dienone is 1. The van der Waals surface area contributed by atoms with Crippen molar-refractivity contribution < 1.29 is 0 Å². The van der Waals surface area contributed by atoms with Gasteiger partial charge in [0.1, 0.15) is 17.3 Å². The summed E-state index contributed by atoms with van der Waals surface area (Å²) in [7, 11) is 0. The molecule has 4 rings (SSSR count). The maximum Gasteiger partial charge on any atom is 0.134 e. The number of fused-ring (bicyclic) bond motifs is 1. The van der Waals surface area contributed by atoms with Gasteiger partial charge in [-0.1, -0.05) is 30.7 Å². The number of halogens is 1. The number of anilines is 1. The molecule has 0 fully saturated rings. The summed E-state index contributed by atoms with van der Waals surface area (Å²) < 4.78 is 2.24. The number of pyridine rings is 1. The molecular weight excluding hydrogens is 382 g/mol. The SMILES string of the molecule is CCc1nc2c(n1Cc1ccc(-c3cc(Cl)ccc3C#N)nc1)NC(C)C=C2C. The van der Waals surface area contributed by atoms with Crippen LogP contribution in [-0.4, -0.2) is 20.6 Å². The van der Waals surface area contributed by atoms with Gasteiger partial charge in [0.25, 0.3) is 0 Å². The van der Waals surface area contributed by atoms with Crippen molar-refractivity contribution in [3.05, 3.63) is 70.3 Å². The maximum atomic E-state index is 9.37. The molecule has 0 aliphatic carbocycles. The second-order valence-electron chi connectivity index (χ2n) is 7.30. The average Bonchev–Trinajstić information content (AvgIpc) is 3.06. The molecule has 5 nitrogen and oxygen atoms in total. The van der Waals surface area contributed by atoms with Gasteiger partial charge >= 0.3 is 0 Å². The minimum Gasteiger partial charge on any atom is -0.364 e. The molecule has 3 aromatic rings. The van der Waals surface area contributed by atoms with Gasteiger partial charge in [0, 0.05) is 29.2 Å². The number of aromatic nitrogens is 3. The lowest BCUT2D eigenvalue weighted by Gasteiger charge is -2.21. The van der Waals surface area contributed by atoms with Crippen molar-refractivity contribution in [2.45, 2.75) is 39.8 Å². The molecule has 0 radical (unpaired) electrons. The second kappa shape index (κ2) is 7.73. The van der Waals surface area contributed by atoms with E-state index in [0.29, 0.717) is 17.1 Å².